The summed E-state index contributed by atoms with van der Waals surface area (Å²) in [6.07, 6.45) is 2.80. The average Bonchev–Trinajstić information content (AvgIpc) is 2.53. The lowest BCUT2D eigenvalue weighted by molar-refractivity contribution is -0.00581. The molecule has 0 radical (unpaired) electrons. The summed E-state index contributed by atoms with van der Waals surface area (Å²) >= 11 is 0. The van der Waals surface area contributed by atoms with E-state index in [4.69, 9.17) is 4.74 Å². The zero-order chi connectivity index (χ0) is 15.1. The van der Waals surface area contributed by atoms with E-state index in [-0.39, 0.29) is 0 Å². The fourth-order valence-corrected chi connectivity index (χ4v) is 3.24. The van der Waals surface area contributed by atoms with Crippen LogP contribution in [0.4, 0.5) is 0 Å². The third-order valence-corrected chi connectivity index (χ3v) is 4.66. The summed E-state index contributed by atoms with van der Waals surface area (Å²) in [5.41, 5.74) is 1.40. The van der Waals surface area contributed by atoms with Crippen LogP contribution in [-0.4, -0.2) is 44.3 Å². The SMILES string of the molecule is CCNC(CCN1CCC(C)C(OC)C1)c1ccccc1. The maximum absolute atomic E-state index is 5.62. The summed E-state index contributed by atoms with van der Waals surface area (Å²) in [7, 11) is 1.84. The van der Waals surface area contributed by atoms with Crippen molar-refractivity contribution in [1.82, 2.24) is 10.2 Å². The second kappa shape index (κ2) is 8.52. The van der Waals surface area contributed by atoms with Crippen molar-refractivity contribution in [2.75, 3.05) is 33.3 Å². The molecule has 0 aliphatic carbocycles. The van der Waals surface area contributed by atoms with Crippen molar-refractivity contribution in [3.8, 4) is 0 Å². The molecule has 1 heterocycles. The predicted molar refractivity (Wildman–Crippen MR) is 88.5 cm³/mol. The molecule has 118 valence electrons. The highest BCUT2D eigenvalue weighted by Crippen LogP contribution is 2.22. The second-order valence-electron chi connectivity index (χ2n) is 6.15. The number of benzene rings is 1. The minimum absolute atomic E-state index is 0.396. The van der Waals surface area contributed by atoms with Gasteiger partial charge >= 0.3 is 0 Å². The Morgan fingerprint density at radius 1 is 1.33 bits per heavy atom. The normalized spacial score (nSPS) is 24.9. The van der Waals surface area contributed by atoms with Gasteiger partial charge in [0.05, 0.1) is 6.10 Å². The first kappa shape index (κ1) is 16.5. The Labute approximate surface area is 129 Å². The molecule has 0 amide bonds. The molecule has 1 aliphatic rings. The first-order chi connectivity index (χ1) is 10.2. The minimum atomic E-state index is 0.396. The van der Waals surface area contributed by atoms with Crippen LogP contribution in [0.15, 0.2) is 30.3 Å². The molecule has 0 bridgehead atoms. The molecule has 1 saturated heterocycles. The fraction of sp³-hybridized carbons (Fsp3) is 0.667. The van der Waals surface area contributed by atoms with Crippen LogP contribution in [0.5, 0.6) is 0 Å². The molecule has 3 heteroatoms. The average molecular weight is 290 g/mol. The van der Waals surface area contributed by atoms with Gasteiger partial charge in [0.25, 0.3) is 0 Å². The van der Waals surface area contributed by atoms with E-state index < -0.39 is 0 Å². The zero-order valence-corrected chi connectivity index (χ0v) is 13.7. The van der Waals surface area contributed by atoms with Gasteiger partial charge in [0, 0.05) is 26.2 Å². The topological polar surface area (TPSA) is 24.5 Å². The molecule has 0 aromatic heterocycles. The highest BCUT2D eigenvalue weighted by Gasteiger charge is 2.26. The molecular formula is C18H30N2O. The summed E-state index contributed by atoms with van der Waals surface area (Å²) in [4.78, 5) is 2.56. The van der Waals surface area contributed by atoms with Crippen LogP contribution in [0.3, 0.4) is 0 Å². The fourth-order valence-electron chi connectivity index (χ4n) is 3.24. The van der Waals surface area contributed by atoms with Crippen molar-refractivity contribution >= 4 is 0 Å². The first-order valence-electron chi connectivity index (χ1n) is 8.28. The molecule has 3 atom stereocenters. The van der Waals surface area contributed by atoms with Gasteiger partial charge in [-0.3, -0.25) is 0 Å². The summed E-state index contributed by atoms with van der Waals surface area (Å²) in [6, 6.07) is 11.2. The van der Waals surface area contributed by atoms with Crippen LogP contribution < -0.4 is 5.32 Å². The van der Waals surface area contributed by atoms with Crippen LogP contribution in [0.1, 0.15) is 38.3 Å². The quantitative estimate of drug-likeness (QED) is 0.835. The van der Waals surface area contributed by atoms with Gasteiger partial charge in [-0.05, 0) is 37.4 Å². The third-order valence-electron chi connectivity index (χ3n) is 4.66. The molecular weight excluding hydrogens is 260 g/mol. The van der Waals surface area contributed by atoms with Crippen molar-refractivity contribution in [1.29, 1.82) is 0 Å². The first-order valence-corrected chi connectivity index (χ1v) is 8.28. The van der Waals surface area contributed by atoms with Gasteiger partial charge in [-0.2, -0.15) is 0 Å². The smallest absolute Gasteiger partial charge is 0.0724 e. The summed E-state index contributed by atoms with van der Waals surface area (Å²) in [6.45, 7) is 8.91. The van der Waals surface area contributed by atoms with Gasteiger partial charge in [-0.1, -0.05) is 44.2 Å². The number of methoxy groups -OCH3 is 1. The number of hydrogen-bond donors (Lipinski definition) is 1. The van der Waals surface area contributed by atoms with E-state index in [0.29, 0.717) is 18.1 Å². The lowest BCUT2D eigenvalue weighted by atomic mass is 9.95. The van der Waals surface area contributed by atoms with Crippen LogP contribution in [-0.2, 0) is 4.74 Å². The number of piperidine rings is 1. The predicted octanol–water partition coefficient (Wildman–Crippen LogP) is 3.08. The molecule has 21 heavy (non-hydrogen) atoms. The van der Waals surface area contributed by atoms with Crippen molar-refractivity contribution in [2.24, 2.45) is 5.92 Å². The molecule has 0 saturated carbocycles. The number of rotatable bonds is 7. The van der Waals surface area contributed by atoms with Crippen molar-refractivity contribution in [3.63, 3.8) is 0 Å². The summed E-state index contributed by atoms with van der Waals surface area (Å²) < 4.78 is 5.62. The number of nitrogens with zero attached hydrogens (tertiary/aromatic N) is 1. The molecule has 2 rings (SSSR count). The minimum Gasteiger partial charge on any atom is -0.380 e. The Kier molecular flexibility index (Phi) is 6.68. The van der Waals surface area contributed by atoms with Gasteiger partial charge in [0.15, 0.2) is 0 Å². The molecule has 3 nitrogen and oxygen atoms in total. The maximum Gasteiger partial charge on any atom is 0.0724 e. The van der Waals surface area contributed by atoms with Gasteiger partial charge < -0.3 is 15.0 Å². The van der Waals surface area contributed by atoms with Crippen LogP contribution in [0, 0.1) is 5.92 Å². The van der Waals surface area contributed by atoms with Crippen LogP contribution in [0.25, 0.3) is 0 Å². The Hall–Kier alpha value is -0.900. The highest BCUT2D eigenvalue weighted by atomic mass is 16.5. The molecule has 3 unspecified atom stereocenters. The van der Waals surface area contributed by atoms with E-state index in [0.717, 1.165) is 26.1 Å². The third kappa shape index (κ3) is 4.80. The van der Waals surface area contributed by atoms with Gasteiger partial charge in [0.1, 0.15) is 0 Å². The number of nitrogens with one attached hydrogen (secondary N) is 1. The lowest BCUT2D eigenvalue weighted by Gasteiger charge is -2.36. The second-order valence-corrected chi connectivity index (χ2v) is 6.15. The Morgan fingerprint density at radius 3 is 2.76 bits per heavy atom. The van der Waals surface area contributed by atoms with E-state index in [9.17, 15) is 0 Å². The molecule has 1 fully saturated rings. The van der Waals surface area contributed by atoms with Crippen LogP contribution in [0.2, 0.25) is 0 Å². The molecule has 1 aromatic carbocycles. The van der Waals surface area contributed by atoms with Gasteiger partial charge in [-0.15, -0.1) is 0 Å². The number of hydrogen-bond acceptors (Lipinski definition) is 3. The van der Waals surface area contributed by atoms with E-state index in [1.165, 1.54) is 18.5 Å². The van der Waals surface area contributed by atoms with Crippen molar-refractivity contribution in [2.45, 2.75) is 38.8 Å². The van der Waals surface area contributed by atoms with Gasteiger partial charge in [-0.25, -0.2) is 0 Å². The van der Waals surface area contributed by atoms with E-state index in [1.807, 2.05) is 7.11 Å². The molecule has 1 aromatic rings. The van der Waals surface area contributed by atoms with Crippen molar-refractivity contribution in [3.05, 3.63) is 35.9 Å². The number of ether oxygens (including phenoxy) is 1. The Balaban J connectivity index is 1.87. The molecule has 0 spiro atoms. The van der Waals surface area contributed by atoms with E-state index in [2.05, 4.69) is 54.4 Å². The zero-order valence-electron chi connectivity index (χ0n) is 13.7. The van der Waals surface area contributed by atoms with E-state index >= 15 is 0 Å². The standard InChI is InChI=1S/C18H30N2O/c1-4-19-17(16-8-6-5-7-9-16)11-13-20-12-10-15(2)18(14-20)21-3/h5-9,15,17-19H,4,10-14H2,1-3H3. The molecule has 1 N–H and O–H groups in total. The Bertz CT molecular complexity index is 395. The lowest BCUT2D eigenvalue weighted by Crippen LogP contribution is -2.44. The van der Waals surface area contributed by atoms with E-state index in [1.54, 1.807) is 0 Å². The summed E-state index contributed by atoms with van der Waals surface area (Å²) in [5, 5.41) is 3.61. The maximum atomic E-state index is 5.62. The van der Waals surface area contributed by atoms with Crippen LogP contribution >= 0.6 is 0 Å². The van der Waals surface area contributed by atoms with Gasteiger partial charge in [0.2, 0.25) is 0 Å². The number of likely N-dealkylation sites (tertiary alicyclic amines) is 1. The largest absolute Gasteiger partial charge is 0.380 e. The van der Waals surface area contributed by atoms with Crippen molar-refractivity contribution < 1.29 is 4.74 Å². The summed E-state index contributed by atoms with van der Waals surface area (Å²) in [5.74, 6) is 0.685. The molecule has 1 aliphatic heterocycles. The monoisotopic (exact) mass is 290 g/mol. The Morgan fingerprint density at radius 2 is 2.10 bits per heavy atom. The highest BCUT2D eigenvalue weighted by molar-refractivity contribution is 5.18.